The molecule has 0 radical (unpaired) electrons. The van der Waals surface area contributed by atoms with E-state index < -0.39 is 29.0 Å². The lowest BCUT2D eigenvalue weighted by Gasteiger charge is -2.20. The van der Waals surface area contributed by atoms with E-state index >= 15 is 0 Å². The number of aromatic nitrogens is 1. The molecule has 232 valence electrons. The zero-order chi connectivity index (χ0) is 31.8. The van der Waals surface area contributed by atoms with Crippen LogP contribution in [0.4, 0.5) is 11.5 Å². The zero-order valence-corrected chi connectivity index (χ0v) is 27.2. The maximum Gasteiger partial charge on any atom is 0.267 e. The Labute approximate surface area is 270 Å². The molecule has 0 aliphatic rings. The van der Waals surface area contributed by atoms with Gasteiger partial charge in [0, 0.05) is 29.5 Å². The highest BCUT2D eigenvalue weighted by Crippen LogP contribution is 2.36. The number of rotatable bonds is 14. The van der Waals surface area contributed by atoms with Gasteiger partial charge >= 0.3 is 0 Å². The van der Waals surface area contributed by atoms with Gasteiger partial charge < -0.3 is 30.4 Å². The highest BCUT2D eigenvalue weighted by Gasteiger charge is 2.25. The van der Waals surface area contributed by atoms with E-state index in [9.17, 15) is 23.5 Å². The first kappa shape index (κ1) is 34.9. The Morgan fingerprint density at radius 2 is 1.93 bits per heavy atom. The Hall–Kier alpha value is -2.62. The maximum atomic E-state index is 13.5. The number of aliphatic hydroxyl groups is 1. The fourth-order valence-electron chi connectivity index (χ4n) is 3.82. The van der Waals surface area contributed by atoms with E-state index in [-0.39, 0.29) is 74.8 Å². The third-order valence-electron chi connectivity index (χ3n) is 5.94. The lowest BCUT2D eigenvalue weighted by Crippen LogP contribution is -2.23. The minimum atomic E-state index is -2.29. The fraction of sp³-hybridized carbons (Fsp3) is 0.333. The molecule has 3 aromatic rings. The van der Waals surface area contributed by atoms with Crippen molar-refractivity contribution in [1.82, 2.24) is 9.88 Å². The number of thiophene rings is 1. The molecule has 0 saturated heterocycles. The standard InChI is InChI=1S/C27H30Cl3N5O6S2/c1-14(6-20(36)15(2)31)11-41-21-8-18(29)7-19(26(37)33-22-5-4-17(28)9-32-22)24(21)34-27(38)25-23(30)16(12-42-25)10-35(3)13-43(39)40/h4-5,7-9,12,14,20,31,36H,6,10-11,13H2,1-3H3,(H,34,38)(H,39,40)(H,32,33,37)/p-1. The second-order valence-corrected chi connectivity index (χ2v) is 12.8. The molecule has 0 aliphatic carbocycles. The first-order chi connectivity index (χ1) is 20.2. The number of pyridine rings is 1. The van der Waals surface area contributed by atoms with Crippen LogP contribution in [0.2, 0.25) is 15.1 Å². The number of nitrogens with zero attached hydrogens (tertiary/aromatic N) is 2. The van der Waals surface area contributed by atoms with Crippen LogP contribution in [0, 0.1) is 11.3 Å². The molecule has 0 aliphatic heterocycles. The predicted molar refractivity (Wildman–Crippen MR) is 170 cm³/mol. The summed E-state index contributed by atoms with van der Waals surface area (Å²) in [5.41, 5.74) is 0.665. The highest BCUT2D eigenvalue weighted by molar-refractivity contribution is 7.79. The summed E-state index contributed by atoms with van der Waals surface area (Å²) in [7, 11) is 1.60. The first-order valence-corrected chi connectivity index (χ1v) is 15.9. The summed E-state index contributed by atoms with van der Waals surface area (Å²) < 4.78 is 28.1. The molecular weight excluding hydrogens is 661 g/mol. The SMILES string of the molecule is CC(=N)C(O)CC(C)COc1cc(Cl)cc(C(=O)Nc2ccc(Cl)cn2)c1NC(=O)c1scc(CN(C)CS(=O)[O-])c1Cl. The van der Waals surface area contributed by atoms with Gasteiger partial charge in [0.05, 0.1) is 39.9 Å². The molecule has 3 rings (SSSR count). The number of hydrogen-bond donors (Lipinski definition) is 4. The van der Waals surface area contributed by atoms with Crippen molar-refractivity contribution in [3.63, 3.8) is 0 Å². The van der Waals surface area contributed by atoms with Crippen LogP contribution in [0.25, 0.3) is 0 Å². The van der Waals surface area contributed by atoms with Gasteiger partial charge in [-0.3, -0.25) is 18.7 Å². The van der Waals surface area contributed by atoms with Gasteiger partial charge in [-0.2, -0.15) is 0 Å². The van der Waals surface area contributed by atoms with Gasteiger partial charge in [-0.1, -0.05) is 41.7 Å². The van der Waals surface area contributed by atoms with Crippen molar-refractivity contribution in [1.29, 1.82) is 5.41 Å². The van der Waals surface area contributed by atoms with Gasteiger partial charge in [0.1, 0.15) is 16.4 Å². The van der Waals surface area contributed by atoms with E-state index in [0.717, 1.165) is 11.3 Å². The average molecular weight is 690 g/mol. The summed E-state index contributed by atoms with van der Waals surface area (Å²) in [6.45, 7) is 3.59. The Balaban J connectivity index is 1.94. The molecule has 2 amide bonds. The summed E-state index contributed by atoms with van der Waals surface area (Å²) in [5, 5.41) is 25.4. The Kier molecular flexibility index (Phi) is 12.9. The minimum absolute atomic E-state index is 0.0155. The summed E-state index contributed by atoms with van der Waals surface area (Å²) in [5.74, 6) is -1.41. The van der Waals surface area contributed by atoms with Crippen molar-refractivity contribution in [3.05, 3.63) is 66.9 Å². The van der Waals surface area contributed by atoms with Gasteiger partial charge in [0.15, 0.2) is 0 Å². The summed E-state index contributed by atoms with van der Waals surface area (Å²) in [6.07, 6.45) is 0.684. The van der Waals surface area contributed by atoms with Crippen LogP contribution in [-0.2, 0) is 17.6 Å². The van der Waals surface area contributed by atoms with Crippen LogP contribution in [0.3, 0.4) is 0 Å². The fourth-order valence-corrected chi connectivity index (χ4v) is 5.84. The van der Waals surface area contributed by atoms with E-state index in [0.29, 0.717) is 10.6 Å². The van der Waals surface area contributed by atoms with E-state index in [2.05, 4.69) is 15.6 Å². The lowest BCUT2D eigenvalue weighted by atomic mass is 10.0. The number of benzene rings is 1. The second kappa shape index (κ2) is 15.9. The molecule has 2 heterocycles. The lowest BCUT2D eigenvalue weighted by molar-refractivity contribution is 0.102. The number of carbonyl (C=O) groups is 2. The average Bonchev–Trinajstić information content (AvgIpc) is 3.28. The number of anilines is 2. The summed E-state index contributed by atoms with van der Waals surface area (Å²) in [4.78, 5) is 32.6. The minimum Gasteiger partial charge on any atom is -0.771 e. The van der Waals surface area contributed by atoms with Crippen LogP contribution >= 0.6 is 46.1 Å². The van der Waals surface area contributed by atoms with Gasteiger partial charge in [-0.15, -0.1) is 11.3 Å². The molecule has 43 heavy (non-hydrogen) atoms. The zero-order valence-electron chi connectivity index (χ0n) is 23.3. The van der Waals surface area contributed by atoms with Crippen LogP contribution in [0.5, 0.6) is 5.75 Å². The molecule has 1 aromatic carbocycles. The molecule has 3 atom stereocenters. The van der Waals surface area contributed by atoms with Gasteiger partial charge in [0.2, 0.25) is 0 Å². The number of hydrogen-bond acceptors (Lipinski definition) is 10. The van der Waals surface area contributed by atoms with E-state index in [1.54, 1.807) is 18.5 Å². The number of aliphatic hydroxyl groups excluding tert-OH is 1. The van der Waals surface area contributed by atoms with Crippen LogP contribution in [0.15, 0.2) is 35.8 Å². The van der Waals surface area contributed by atoms with Crippen molar-refractivity contribution < 1.29 is 28.2 Å². The maximum absolute atomic E-state index is 13.5. The van der Waals surface area contributed by atoms with Crippen molar-refractivity contribution in [2.75, 3.05) is 30.2 Å². The smallest absolute Gasteiger partial charge is 0.267 e. The van der Waals surface area contributed by atoms with E-state index in [1.165, 1.54) is 36.2 Å². The molecule has 0 spiro atoms. The molecule has 16 heteroatoms. The highest BCUT2D eigenvalue weighted by atomic mass is 35.5. The first-order valence-electron chi connectivity index (χ1n) is 12.7. The molecular formula is C27H29Cl3N5O6S2-. The van der Waals surface area contributed by atoms with Gasteiger partial charge in [-0.25, -0.2) is 4.98 Å². The summed E-state index contributed by atoms with van der Waals surface area (Å²) in [6, 6.07) is 5.86. The van der Waals surface area contributed by atoms with Crippen LogP contribution in [-0.4, -0.2) is 66.9 Å². The number of nitrogens with one attached hydrogen (secondary N) is 3. The molecule has 2 aromatic heterocycles. The number of halogens is 3. The number of amides is 2. The second-order valence-electron chi connectivity index (χ2n) is 9.80. The van der Waals surface area contributed by atoms with Gasteiger partial charge in [-0.05, 0) is 66.5 Å². The van der Waals surface area contributed by atoms with E-state index in [4.69, 9.17) is 44.9 Å². The number of ether oxygens (including phenoxy) is 1. The quantitative estimate of drug-likeness (QED) is 0.124. The molecule has 11 nitrogen and oxygen atoms in total. The number of carbonyl (C=O) groups excluding carboxylic acids is 2. The summed E-state index contributed by atoms with van der Waals surface area (Å²) >= 11 is 17.5. The Morgan fingerprint density at radius 3 is 2.56 bits per heavy atom. The van der Waals surface area contributed by atoms with Crippen molar-refractivity contribution in [2.45, 2.75) is 32.9 Å². The molecule has 3 unspecified atom stereocenters. The Morgan fingerprint density at radius 1 is 1.21 bits per heavy atom. The van der Waals surface area contributed by atoms with Crippen molar-refractivity contribution >= 4 is 86.3 Å². The third kappa shape index (κ3) is 10.2. The molecule has 0 saturated carbocycles. The van der Waals surface area contributed by atoms with Gasteiger partial charge in [0.25, 0.3) is 11.8 Å². The predicted octanol–water partition coefficient (Wildman–Crippen LogP) is 5.68. The topological polar surface area (TPSA) is 168 Å². The monoisotopic (exact) mass is 688 g/mol. The van der Waals surface area contributed by atoms with Crippen LogP contribution in [0.1, 0.15) is 45.9 Å². The van der Waals surface area contributed by atoms with Crippen LogP contribution < -0.4 is 15.4 Å². The van der Waals surface area contributed by atoms with Crippen molar-refractivity contribution in [2.24, 2.45) is 5.92 Å². The normalized spacial score (nSPS) is 13.3. The molecule has 4 N–H and O–H groups in total. The molecule has 0 bridgehead atoms. The molecule has 0 fully saturated rings. The van der Waals surface area contributed by atoms with E-state index in [1.807, 2.05) is 6.92 Å². The van der Waals surface area contributed by atoms with Crippen molar-refractivity contribution in [3.8, 4) is 5.75 Å². The largest absolute Gasteiger partial charge is 0.771 e. The Bertz CT molecular complexity index is 1500. The third-order valence-corrected chi connectivity index (χ3v) is 8.61.